The van der Waals surface area contributed by atoms with Gasteiger partial charge in [0.2, 0.25) is 17.7 Å². The number of aromatic nitrogens is 1. The zero-order valence-corrected chi connectivity index (χ0v) is 20.3. The largest absolute Gasteiger partial charge is 0.494 e. The molecule has 0 aliphatic carbocycles. The number of alkyl halides is 3. The predicted molar refractivity (Wildman–Crippen MR) is 130 cm³/mol. The molecule has 1 aromatic heterocycles. The van der Waals surface area contributed by atoms with E-state index in [-0.39, 0.29) is 35.7 Å². The number of rotatable bonds is 6. The Kier molecular flexibility index (Phi) is 5.69. The van der Waals surface area contributed by atoms with Gasteiger partial charge in [-0.1, -0.05) is 6.07 Å². The second kappa shape index (κ2) is 8.56. The second-order valence-electron chi connectivity index (χ2n) is 9.28. The monoisotopic (exact) mass is 525 g/mol. The minimum atomic E-state index is -4.80. The fraction of sp³-hybridized carbons (Fsp3) is 0.259. The summed E-state index contributed by atoms with van der Waals surface area (Å²) in [5.41, 5.74) is -3.11. The van der Waals surface area contributed by atoms with E-state index in [2.05, 4.69) is 10.2 Å². The molecule has 2 aromatic carbocycles. The first-order valence-corrected chi connectivity index (χ1v) is 11.6. The van der Waals surface area contributed by atoms with Crippen molar-refractivity contribution in [3.8, 4) is 23.2 Å². The molecule has 2 unspecified atom stereocenters. The topological polar surface area (TPSA) is 97.3 Å². The van der Waals surface area contributed by atoms with E-state index >= 15 is 0 Å². The van der Waals surface area contributed by atoms with Crippen molar-refractivity contribution in [2.75, 3.05) is 11.9 Å². The zero-order valence-electron chi connectivity index (χ0n) is 20.3. The fourth-order valence-electron chi connectivity index (χ4n) is 5.08. The number of carbonyl (C=O) groups excluding carboxylic acids is 1. The van der Waals surface area contributed by atoms with Gasteiger partial charge in [0.25, 0.3) is 0 Å². The number of amides is 1. The van der Waals surface area contributed by atoms with Gasteiger partial charge in [-0.3, -0.25) is 9.36 Å². The molecule has 11 heteroatoms. The standard InChI is InChI=1S/C27H22F3N3O5/c1-15(34)32-16-4-7-18(8-5-16)37-13-12-26-11-10-25(2,38-26)21-22(26)24(36)33(23(21)35)17-6-9-20(31-3)19(14-17)27(28,29)30/h4-11,14,35-36H,12-13H2,1-2H3,(H,32,34). The minimum absolute atomic E-state index is 0.142. The van der Waals surface area contributed by atoms with Gasteiger partial charge in [0.05, 0.1) is 35.6 Å². The van der Waals surface area contributed by atoms with Crippen LogP contribution in [0.3, 0.4) is 0 Å². The number of anilines is 1. The van der Waals surface area contributed by atoms with Gasteiger partial charge in [0, 0.05) is 19.0 Å². The number of nitrogens with one attached hydrogen (secondary N) is 1. The van der Waals surface area contributed by atoms with Gasteiger partial charge in [0.15, 0.2) is 5.69 Å². The van der Waals surface area contributed by atoms with Crippen molar-refractivity contribution in [1.29, 1.82) is 0 Å². The molecule has 196 valence electrons. The summed E-state index contributed by atoms with van der Waals surface area (Å²) in [7, 11) is 0. The Morgan fingerprint density at radius 2 is 1.82 bits per heavy atom. The van der Waals surface area contributed by atoms with Crippen molar-refractivity contribution in [3.63, 3.8) is 0 Å². The Labute approximate surface area is 215 Å². The zero-order chi connectivity index (χ0) is 27.5. The molecule has 3 heterocycles. The van der Waals surface area contributed by atoms with Crippen molar-refractivity contribution in [3.05, 3.63) is 82.7 Å². The number of hydrogen-bond donors (Lipinski definition) is 3. The molecular formula is C27H22F3N3O5. The molecule has 0 spiro atoms. The average Bonchev–Trinajstić information content (AvgIpc) is 3.43. The van der Waals surface area contributed by atoms with E-state index in [4.69, 9.17) is 16.0 Å². The lowest BCUT2D eigenvalue weighted by molar-refractivity contribution is -0.136. The third kappa shape index (κ3) is 3.94. The number of aromatic hydroxyl groups is 2. The van der Waals surface area contributed by atoms with Crippen LogP contribution in [-0.2, 0) is 26.9 Å². The number of nitrogens with zero attached hydrogens (tertiary/aromatic N) is 2. The van der Waals surface area contributed by atoms with Crippen LogP contribution in [0.1, 0.15) is 37.0 Å². The molecule has 2 bridgehead atoms. The molecule has 0 saturated heterocycles. The normalized spacial score (nSPS) is 21.3. The Balaban J connectivity index is 1.46. The van der Waals surface area contributed by atoms with Gasteiger partial charge < -0.3 is 25.0 Å². The van der Waals surface area contributed by atoms with Crippen molar-refractivity contribution in [2.45, 2.75) is 37.6 Å². The molecule has 2 aliphatic heterocycles. The molecular weight excluding hydrogens is 503 g/mol. The Hall–Kier alpha value is -4.43. The summed E-state index contributed by atoms with van der Waals surface area (Å²) >= 11 is 0. The molecule has 5 rings (SSSR count). The first kappa shape index (κ1) is 25.2. The molecule has 2 aliphatic rings. The summed E-state index contributed by atoms with van der Waals surface area (Å²) in [5.74, 6) is -0.587. The fourth-order valence-corrected chi connectivity index (χ4v) is 5.08. The highest BCUT2D eigenvalue weighted by atomic mass is 19.4. The molecule has 8 nitrogen and oxygen atoms in total. The van der Waals surface area contributed by atoms with Crippen LogP contribution >= 0.6 is 0 Å². The van der Waals surface area contributed by atoms with Gasteiger partial charge in [-0.15, -0.1) is 0 Å². The summed E-state index contributed by atoms with van der Waals surface area (Å²) in [5, 5.41) is 24.9. The molecule has 0 saturated carbocycles. The maximum atomic E-state index is 13.6. The number of carbonyl (C=O) groups is 1. The van der Waals surface area contributed by atoms with Crippen molar-refractivity contribution < 1.29 is 37.7 Å². The van der Waals surface area contributed by atoms with Crippen LogP contribution in [0.5, 0.6) is 17.5 Å². The number of fused-ring (bicyclic) bond motifs is 5. The van der Waals surface area contributed by atoms with Crippen molar-refractivity contribution in [1.82, 2.24) is 4.57 Å². The minimum Gasteiger partial charge on any atom is -0.494 e. The van der Waals surface area contributed by atoms with E-state index < -0.39 is 40.4 Å². The van der Waals surface area contributed by atoms with Gasteiger partial charge in [-0.25, -0.2) is 4.85 Å². The van der Waals surface area contributed by atoms with E-state index in [0.717, 1.165) is 16.7 Å². The Morgan fingerprint density at radius 3 is 2.45 bits per heavy atom. The molecule has 0 radical (unpaired) electrons. The third-order valence-electron chi connectivity index (χ3n) is 6.69. The van der Waals surface area contributed by atoms with Crippen molar-refractivity contribution in [2.24, 2.45) is 0 Å². The molecule has 2 atom stereocenters. The highest BCUT2D eigenvalue weighted by Crippen LogP contribution is 2.62. The third-order valence-corrected chi connectivity index (χ3v) is 6.69. The smallest absolute Gasteiger partial charge is 0.407 e. The lowest BCUT2D eigenvalue weighted by Gasteiger charge is -2.25. The average molecular weight is 525 g/mol. The molecule has 1 amide bonds. The summed E-state index contributed by atoms with van der Waals surface area (Å²) in [6, 6.07) is 9.69. The van der Waals surface area contributed by atoms with E-state index in [1.165, 1.54) is 13.0 Å². The highest BCUT2D eigenvalue weighted by Gasteiger charge is 2.58. The molecule has 3 aromatic rings. The lowest BCUT2D eigenvalue weighted by atomic mass is 9.83. The van der Waals surface area contributed by atoms with Crippen LogP contribution in [0.4, 0.5) is 24.5 Å². The van der Waals surface area contributed by atoms with Crippen LogP contribution in [0.15, 0.2) is 54.6 Å². The van der Waals surface area contributed by atoms with E-state index in [1.54, 1.807) is 43.3 Å². The molecule has 3 N–H and O–H groups in total. The van der Waals surface area contributed by atoms with Gasteiger partial charge in [0.1, 0.15) is 17.0 Å². The second-order valence-corrected chi connectivity index (χ2v) is 9.28. The van der Waals surface area contributed by atoms with Crippen LogP contribution in [-0.4, -0.2) is 27.3 Å². The van der Waals surface area contributed by atoms with Crippen LogP contribution in [0, 0.1) is 6.57 Å². The number of hydrogen-bond acceptors (Lipinski definition) is 5. The van der Waals surface area contributed by atoms with Crippen LogP contribution < -0.4 is 10.1 Å². The number of halogens is 3. The maximum absolute atomic E-state index is 13.6. The Morgan fingerprint density at radius 1 is 1.13 bits per heavy atom. The molecule has 0 fully saturated rings. The Bertz CT molecular complexity index is 1520. The summed E-state index contributed by atoms with van der Waals surface area (Å²) in [6.45, 7) is 10.3. The summed E-state index contributed by atoms with van der Waals surface area (Å²) in [6.07, 6.45) is -1.11. The number of benzene rings is 2. The van der Waals surface area contributed by atoms with Crippen LogP contribution in [0.2, 0.25) is 0 Å². The summed E-state index contributed by atoms with van der Waals surface area (Å²) in [4.78, 5) is 14.1. The lowest BCUT2D eigenvalue weighted by Crippen LogP contribution is -2.25. The van der Waals surface area contributed by atoms with E-state index in [0.29, 0.717) is 11.4 Å². The van der Waals surface area contributed by atoms with Crippen molar-refractivity contribution >= 4 is 17.3 Å². The quantitative estimate of drug-likeness (QED) is 0.275. The first-order chi connectivity index (χ1) is 17.9. The van der Waals surface area contributed by atoms with Gasteiger partial charge >= 0.3 is 6.18 Å². The maximum Gasteiger partial charge on any atom is 0.407 e. The SMILES string of the molecule is [C-]#[N+]c1ccc(-n2c(O)c3c(c2O)C2(CCOc4ccc(NC(C)=O)cc4)C=CC3(C)O2)cc1C(F)(F)F. The first-order valence-electron chi connectivity index (χ1n) is 11.6. The van der Waals surface area contributed by atoms with Crippen LogP contribution in [0.25, 0.3) is 10.5 Å². The number of ether oxygens (including phenoxy) is 2. The highest BCUT2D eigenvalue weighted by molar-refractivity contribution is 5.88. The summed E-state index contributed by atoms with van der Waals surface area (Å²) < 4.78 is 53.7. The predicted octanol–water partition coefficient (Wildman–Crippen LogP) is 5.90. The van der Waals surface area contributed by atoms with E-state index in [1.807, 2.05) is 0 Å². The molecule has 38 heavy (non-hydrogen) atoms. The van der Waals surface area contributed by atoms with E-state index in [9.17, 15) is 28.2 Å². The van der Waals surface area contributed by atoms with Gasteiger partial charge in [-0.05, 0) is 55.5 Å². The van der Waals surface area contributed by atoms with Gasteiger partial charge in [-0.2, -0.15) is 13.2 Å².